The highest BCUT2D eigenvalue weighted by atomic mass is 14.2. The largest absolute Gasteiger partial charge is 0.0622 e. The van der Waals surface area contributed by atoms with Gasteiger partial charge in [0.2, 0.25) is 0 Å². The van der Waals surface area contributed by atoms with Crippen LogP contribution in [0.15, 0.2) is 570 Å². The van der Waals surface area contributed by atoms with E-state index in [2.05, 4.69) is 600 Å². The molecule has 0 aromatic heterocycles. The molecule has 0 spiro atoms. The Balaban J connectivity index is 0.000000115. The second-order valence-corrected chi connectivity index (χ2v) is 35.2. The number of rotatable bonds is 16. The Bertz CT molecular complexity index is 7490. The summed E-state index contributed by atoms with van der Waals surface area (Å²) in [5.41, 5.74) is 48.0. The molecular formula is C138H112. The van der Waals surface area contributed by atoms with Gasteiger partial charge in [-0.1, -0.05) is 562 Å². The van der Waals surface area contributed by atoms with Crippen molar-refractivity contribution in [3.63, 3.8) is 0 Å². The van der Waals surface area contributed by atoms with Crippen molar-refractivity contribution in [1.29, 1.82) is 0 Å². The van der Waals surface area contributed by atoms with Crippen molar-refractivity contribution in [2.75, 3.05) is 0 Å². The highest BCUT2D eigenvalue weighted by Crippen LogP contribution is 2.37. The van der Waals surface area contributed by atoms with Gasteiger partial charge in [-0.3, -0.25) is 0 Å². The van der Waals surface area contributed by atoms with Crippen molar-refractivity contribution in [3.05, 3.63) is 604 Å². The third kappa shape index (κ3) is 25.4. The van der Waals surface area contributed by atoms with Crippen LogP contribution in [0.2, 0.25) is 0 Å². The average molecular weight is 1770 g/mol. The molecule has 0 unspecified atom stereocenters. The van der Waals surface area contributed by atoms with Gasteiger partial charge in [-0.2, -0.15) is 0 Å². The lowest BCUT2D eigenvalue weighted by Crippen LogP contribution is -1.85. The molecule has 0 aliphatic carbocycles. The maximum atomic E-state index is 2.28. The molecule has 0 aliphatic rings. The molecule has 664 valence electrons. The van der Waals surface area contributed by atoms with Crippen molar-refractivity contribution in [3.8, 4) is 178 Å². The van der Waals surface area contributed by atoms with Crippen molar-refractivity contribution in [1.82, 2.24) is 0 Å². The predicted octanol–water partition coefficient (Wildman–Crippen LogP) is 38.6. The first-order valence-electron chi connectivity index (χ1n) is 47.6. The van der Waals surface area contributed by atoms with Crippen LogP contribution >= 0.6 is 0 Å². The zero-order valence-corrected chi connectivity index (χ0v) is 79.3. The van der Waals surface area contributed by atoms with E-state index < -0.39 is 0 Å². The Hall–Kier alpha value is -17.2. The Morgan fingerprint density at radius 1 is 0.0652 bits per heavy atom. The third-order valence-corrected chi connectivity index (χ3v) is 24.9. The molecule has 0 amide bonds. The van der Waals surface area contributed by atoms with Crippen LogP contribution in [0, 0.1) is 41.5 Å². The summed E-state index contributed by atoms with van der Waals surface area (Å²) in [5, 5.41) is 0. The van der Waals surface area contributed by atoms with E-state index >= 15 is 0 Å². The van der Waals surface area contributed by atoms with Gasteiger partial charge in [0.1, 0.15) is 0 Å². The summed E-state index contributed by atoms with van der Waals surface area (Å²) in [5.74, 6) is 0. The van der Waals surface area contributed by atoms with Crippen molar-refractivity contribution >= 4 is 0 Å². The standard InChI is InChI=1S/4C25H20.2C19H16/c1-19-16-24(21-10-6-3-7-11-21)18-25(17-19)23-14-12-22(13-15-23)20-8-4-2-5-9-20;1-19-7-5-10-23(17-19)25-12-6-11-24(18-25)22-15-13-21(14-16-22)20-8-3-2-4-9-20;1-19-10-12-22(13-11-19)24-8-5-9-25(18-24)23-16-14-21(15-17-23)20-6-3-2-4-7-20;1-19-7-9-21(10-8-19)23-15-17-25(18-16-23)24-13-11-22(12-14-24)20-5-3-2-4-6-20;1-15-12-18(16-8-4-2-5-9-16)14-19(13-15)17-10-6-3-7-11-17;1-15-10-12-17(13-11-15)19-9-5-8-18(14-19)16-6-3-2-4-7-16/h4*2-18H,1H3;2*2-14H,1H3. The number of hydrogen-bond acceptors (Lipinski definition) is 0. The normalized spacial score (nSPS) is 10.5. The van der Waals surface area contributed by atoms with Gasteiger partial charge < -0.3 is 0 Å². The molecule has 0 nitrogen and oxygen atoms in total. The Labute approximate surface area is 817 Å². The lowest BCUT2D eigenvalue weighted by molar-refractivity contribution is 1.46. The Morgan fingerprint density at radius 3 is 0.362 bits per heavy atom. The minimum absolute atomic E-state index is 1.24. The monoisotopic (exact) mass is 1770 g/mol. The summed E-state index contributed by atoms with van der Waals surface area (Å²) in [6, 6.07) is 203. The van der Waals surface area contributed by atoms with Gasteiger partial charge in [-0.25, -0.2) is 0 Å². The molecule has 0 radical (unpaired) electrons. The highest BCUT2D eigenvalue weighted by Gasteiger charge is 2.12. The fourth-order valence-corrected chi connectivity index (χ4v) is 17.3. The molecule has 0 atom stereocenters. The molecule has 0 saturated heterocycles. The first kappa shape index (κ1) is 92.7. The van der Waals surface area contributed by atoms with Crippen LogP contribution in [0.1, 0.15) is 33.4 Å². The molecule has 0 fully saturated rings. The first-order chi connectivity index (χ1) is 67.8. The van der Waals surface area contributed by atoms with Crippen molar-refractivity contribution < 1.29 is 0 Å². The van der Waals surface area contributed by atoms with E-state index in [1.165, 1.54) is 211 Å². The Morgan fingerprint density at radius 2 is 0.174 bits per heavy atom. The van der Waals surface area contributed by atoms with E-state index in [1.807, 2.05) is 12.1 Å². The van der Waals surface area contributed by atoms with E-state index in [-0.39, 0.29) is 0 Å². The van der Waals surface area contributed by atoms with E-state index in [1.54, 1.807) is 0 Å². The second kappa shape index (κ2) is 46.5. The molecule has 22 aromatic carbocycles. The average Bonchev–Trinajstić information content (AvgIpc) is 0.762. The molecule has 0 heterocycles. The van der Waals surface area contributed by atoms with Gasteiger partial charge in [0.05, 0.1) is 0 Å². The Kier molecular flexibility index (Phi) is 31.2. The predicted molar refractivity (Wildman–Crippen MR) is 594 cm³/mol. The minimum atomic E-state index is 1.24. The zero-order chi connectivity index (χ0) is 94.4. The van der Waals surface area contributed by atoms with Gasteiger partial charge in [0.15, 0.2) is 0 Å². The van der Waals surface area contributed by atoms with Crippen LogP contribution in [0.25, 0.3) is 178 Å². The summed E-state index contributed by atoms with van der Waals surface area (Å²) >= 11 is 0. The number of aryl methyl sites for hydroxylation is 6. The smallest absolute Gasteiger partial charge is 0.0175 e. The molecular weight excluding hydrogens is 1660 g/mol. The van der Waals surface area contributed by atoms with E-state index in [9.17, 15) is 0 Å². The van der Waals surface area contributed by atoms with E-state index in [0.29, 0.717) is 0 Å². The SMILES string of the molecule is Cc1cc(-c2ccccc2)cc(-c2ccc(-c3ccccc3)cc2)c1.Cc1cc(-c2ccccc2)cc(-c2ccccc2)c1.Cc1ccc(-c2ccc(-c3ccc(-c4ccccc4)cc3)cc2)cc1.Cc1ccc(-c2cccc(-c3ccc(-c4ccccc4)cc3)c2)cc1.Cc1ccc(-c2cccc(-c3ccccc3)c2)cc1.Cc1cccc(-c2cccc(-c3ccc(-c4ccccc4)cc3)c2)c1. The third-order valence-electron chi connectivity index (χ3n) is 24.9. The van der Waals surface area contributed by atoms with Gasteiger partial charge in [-0.15, -0.1) is 0 Å². The molecule has 0 saturated carbocycles. The summed E-state index contributed by atoms with van der Waals surface area (Å²) in [6.07, 6.45) is 0. The van der Waals surface area contributed by atoms with Crippen molar-refractivity contribution in [2.24, 2.45) is 0 Å². The maximum absolute atomic E-state index is 2.28. The molecule has 22 aromatic rings. The zero-order valence-electron chi connectivity index (χ0n) is 79.3. The van der Waals surface area contributed by atoms with Crippen LogP contribution in [0.3, 0.4) is 0 Å². The topological polar surface area (TPSA) is 0 Å². The van der Waals surface area contributed by atoms with Crippen LogP contribution in [-0.2, 0) is 0 Å². The van der Waals surface area contributed by atoms with Crippen molar-refractivity contribution in [2.45, 2.75) is 41.5 Å². The van der Waals surface area contributed by atoms with Gasteiger partial charge in [0, 0.05) is 0 Å². The lowest BCUT2D eigenvalue weighted by Gasteiger charge is -2.09. The quantitative estimate of drug-likeness (QED) is 0.0904. The number of benzene rings is 22. The maximum Gasteiger partial charge on any atom is -0.0175 e. The molecule has 0 bridgehead atoms. The van der Waals surface area contributed by atoms with Crippen LogP contribution in [0.4, 0.5) is 0 Å². The lowest BCUT2D eigenvalue weighted by atomic mass is 9.95. The molecule has 22 rings (SSSR count). The fourth-order valence-electron chi connectivity index (χ4n) is 17.3. The van der Waals surface area contributed by atoms with Gasteiger partial charge in [-0.05, 0) is 261 Å². The first-order valence-corrected chi connectivity index (χ1v) is 47.6. The second-order valence-electron chi connectivity index (χ2n) is 35.2. The fraction of sp³-hybridized carbons (Fsp3) is 0.0435. The summed E-state index contributed by atoms with van der Waals surface area (Å²) in [7, 11) is 0. The molecule has 0 N–H and O–H groups in total. The van der Waals surface area contributed by atoms with Crippen LogP contribution in [-0.4, -0.2) is 0 Å². The summed E-state index contributed by atoms with van der Waals surface area (Å²) in [4.78, 5) is 0. The van der Waals surface area contributed by atoms with Gasteiger partial charge in [0.25, 0.3) is 0 Å². The van der Waals surface area contributed by atoms with Gasteiger partial charge >= 0.3 is 0 Å². The summed E-state index contributed by atoms with van der Waals surface area (Å²) in [6.45, 7) is 12.8. The van der Waals surface area contributed by atoms with E-state index in [4.69, 9.17) is 0 Å². The van der Waals surface area contributed by atoms with Crippen LogP contribution in [0.5, 0.6) is 0 Å². The summed E-state index contributed by atoms with van der Waals surface area (Å²) < 4.78 is 0. The van der Waals surface area contributed by atoms with E-state index in [0.717, 1.165) is 0 Å². The molecule has 0 heteroatoms. The molecule has 138 heavy (non-hydrogen) atoms. The number of hydrogen-bond donors (Lipinski definition) is 0. The highest BCUT2D eigenvalue weighted by molar-refractivity contribution is 5.82. The minimum Gasteiger partial charge on any atom is -0.0622 e. The van der Waals surface area contributed by atoms with Crippen LogP contribution < -0.4 is 0 Å². The molecule has 0 aliphatic heterocycles.